The van der Waals surface area contributed by atoms with Gasteiger partial charge in [-0.25, -0.2) is 0 Å². The highest BCUT2D eigenvalue weighted by molar-refractivity contribution is 6.05. The minimum Gasteiger partial charge on any atom is -0.497 e. The number of hydrogen-bond acceptors (Lipinski definition) is 7. The monoisotopic (exact) mass is 491 g/mol. The van der Waals surface area contributed by atoms with Crippen LogP contribution in [0.15, 0.2) is 47.3 Å². The van der Waals surface area contributed by atoms with Crippen LogP contribution in [0.2, 0.25) is 0 Å². The minimum atomic E-state index is -0.361. The van der Waals surface area contributed by atoms with Crippen molar-refractivity contribution in [2.75, 3.05) is 69.2 Å². The second-order valence-corrected chi connectivity index (χ2v) is 9.50. The molecule has 2 fully saturated rings. The number of methoxy groups -OCH3 is 1. The molecule has 190 valence electrons. The molecular weight excluding hydrogens is 458 g/mol. The zero-order valence-corrected chi connectivity index (χ0v) is 21.0. The maximum atomic E-state index is 13.2. The maximum absolute atomic E-state index is 13.2. The molecule has 1 aromatic heterocycles. The molecule has 2 aliphatic heterocycles. The summed E-state index contributed by atoms with van der Waals surface area (Å²) in [5.74, 6) is 0.255. The number of rotatable bonds is 6. The Labute approximate surface area is 210 Å². The Balaban J connectivity index is 1.45. The van der Waals surface area contributed by atoms with Crippen molar-refractivity contribution in [1.82, 2.24) is 9.88 Å². The minimum absolute atomic E-state index is 0.200. The molecule has 0 aliphatic carbocycles. The zero-order valence-electron chi connectivity index (χ0n) is 21.0. The van der Waals surface area contributed by atoms with Crippen molar-refractivity contribution in [3.05, 3.63) is 58.4 Å². The zero-order chi connectivity index (χ0) is 25.2. The van der Waals surface area contributed by atoms with Gasteiger partial charge < -0.3 is 29.6 Å². The van der Waals surface area contributed by atoms with Crippen LogP contribution < -0.4 is 25.3 Å². The largest absolute Gasteiger partial charge is 0.497 e. The summed E-state index contributed by atoms with van der Waals surface area (Å²) in [4.78, 5) is 36.3. The predicted molar refractivity (Wildman–Crippen MR) is 143 cm³/mol. The molecule has 9 nitrogen and oxygen atoms in total. The fourth-order valence-electron chi connectivity index (χ4n) is 5.12. The summed E-state index contributed by atoms with van der Waals surface area (Å²) in [6.45, 7) is 3.99. The van der Waals surface area contributed by atoms with Crippen LogP contribution in [0.25, 0.3) is 10.9 Å². The average molecular weight is 492 g/mol. The highest BCUT2D eigenvalue weighted by Crippen LogP contribution is 2.34. The second kappa shape index (κ2) is 10.2. The molecule has 0 radical (unpaired) electrons. The summed E-state index contributed by atoms with van der Waals surface area (Å²) in [5.41, 5.74) is 3.26. The number of amides is 1. The molecule has 2 aliphatic rings. The SMILES string of the molecule is COc1cc(N2CCC[C@H]2N(C)C)c2[nH]c(C(=O)Nc3ccc(N4CCOCC4)cc3)cc(=O)c2c1. The van der Waals surface area contributed by atoms with Gasteiger partial charge in [-0.15, -0.1) is 0 Å². The molecule has 0 spiro atoms. The molecule has 3 aromatic rings. The number of H-pyrrole nitrogens is 1. The Morgan fingerprint density at radius 3 is 2.56 bits per heavy atom. The van der Waals surface area contributed by atoms with Crippen LogP contribution in [-0.4, -0.2) is 76.0 Å². The van der Waals surface area contributed by atoms with Gasteiger partial charge in [-0.3, -0.25) is 14.5 Å². The van der Waals surface area contributed by atoms with Gasteiger partial charge in [0, 0.05) is 43.1 Å². The lowest BCUT2D eigenvalue weighted by Crippen LogP contribution is -2.40. The lowest BCUT2D eigenvalue weighted by Gasteiger charge is -2.32. The molecule has 9 heteroatoms. The highest BCUT2D eigenvalue weighted by Gasteiger charge is 2.29. The van der Waals surface area contributed by atoms with Crippen molar-refractivity contribution >= 4 is 33.9 Å². The number of aromatic amines is 1. The predicted octanol–water partition coefficient (Wildman–Crippen LogP) is 3.11. The number of ether oxygens (including phenoxy) is 2. The Kier molecular flexibility index (Phi) is 6.84. The third-order valence-corrected chi connectivity index (χ3v) is 7.00. The number of pyridine rings is 1. The van der Waals surface area contributed by atoms with Gasteiger partial charge in [-0.2, -0.15) is 0 Å². The first-order valence-electron chi connectivity index (χ1n) is 12.4. The third kappa shape index (κ3) is 4.76. The Hall–Kier alpha value is -3.56. The van der Waals surface area contributed by atoms with Crippen molar-refractivity contribution in [1.29, 1.82) is 0 Å². The number of nitrogens with zero attached hydrogens (tertiary/aromatic N) is 3. The van der Waals surface area contributed by atoms with E-state index >= 15 is 0 Å². The van der Waals surface area contributed by atoms with Crippen molar-refractivity contribution in [2.45, 2.75) is 19.0 Å². The Morgan fingerprint density at radius 2 is 1.86 bits per heavy atom. The Bertz CT molecular complexity index is 1300. The standard InChI is InChI=1S/C27H33N5O4/c1-30(2)25-5-4-10-32(25)23-16-20(35-3)15-21-24(33)17-22(29-26(21)23)27(34)28-18-6-8-19(9-7-18)31-11-13-36-14-12-31/h6-9,15-17,25H,4-5,10-14H2,1-3H3,(H,28,34)(H,29,33)/t25-/m0/s1. The molecule has 5 rings (SSSR count). The molecule has 2 saturated heterocycles. The molecule has 36 heavy (non-hydrogen) atoms. The van der Waals surface area contributed by atoms with Crippen LogP contribution in [0.4, 0.5) is 17.1 Å². The van der Waals surface area contributed by atoms with Crippen molar-refractivity contribution in [2.24, 2.45) is 0 Å². The van der Waals surface area contributed by atoms with Crippen molar-refractivity contribution in [3.8, 4) is 5.75 Å². The summed E-state index contributed by atoms with van der Waals surface area (Å²) < 4.78 is 10.9. The lowest BCUT2D eigenvalue weighted by atomic mass is 10.1. The van der Waals surface area contributed by atoms with Crippen LogP contribution in [0.1, 0.15) is 23.3 Å². The third-order valence-electron chi connectivity index (χ3n) is 7.00. The number of anilines is 3. The molecule has 0 bridgehead atoms. The van der Waals surface area contributed by atoms with Crippen LogP contribution in [0.3, 0.4) is 0 Å². The first-order valence-corrected chi connectivity index (χ1v) is 12.4. The summed E-state index contributed by atoms with van der Waals surface area (Å²) in [5, 5.41) is 3.42. The van der Waals surface area contributed by atoms with Gasteiger partial charge in [-0.05, 0) is 57.3 Å². The van der Waals surface area contributed by atoms with Crippen molar-refractivity contribution in [3.63, 3.8) is 0 Å². The normalized spacial score (nSPS) is 18.2. The van der Waals surface area contributed by atoms with Crippen LogP contribution in [0, 0.1) is 0 Å². The summed E-state index contributed by atoms with van der Waals surface area (Å²) in [6.07, 6.45) is 2.27. The number of carbonyl (C=O) groups excluding carboxylic acids is 1. The van der Waals surface area contributed by atoms with E-state index in [1.807, 2.05) is 30.3 Å². The molecule has 1 atom stereocenters. The fourth-order valence-corrected chi connectivity index (χ4v) is 5.12. The van der Waals surface area contributed by atoms with Crippen LogP contribution in [-0.2, 0) is 4.74 Å². The second-order valence-electron chi connectivity index (χ2n) is 9.50. The number of nitrogens with one attached hydrogen (secondary N) is 2. The molecule has 0 saturated carbocycles. The van der Waals surface area contributed by atoms with Crippen LogP contribution >= 0.6 is 0 Å². The number of hydrogen-bond donors (Lipinski definition) is 2. The average Bonchev–Trinajstić information content (AvgIpc) is 3.39. The number of fused-ring (bicyclic) bond motifs is 1. The van der Waals surface area contributed by atoms with E-state index in [0.29, 0.717) is 35.6 Å². The first kappa shape index (κ1) is 24.1. The van der Waals surface area contributed by atoms with E-state index in [0.717, 1.165) is 43.9 Å². The molecule has 0 unspecified atom stereocenters. The van der Waals surface area contributed by atoms with E-state index in [1.165, 1.54) is 6.07 Å². The topological polar surface area (TPSA) is 90.1 Å². The van der Waals surface area contributed by atoms with Gasteiger partial charge in [0.25, 0.3) is 5.91 Å². The Morgan fingerprint density at radius 1 is 1.11 bits per heavy atom. The molecule has 2 N–H and O–H groups in total. The number of morpholine rings is 1. The van der Waals surface area contributed by atoms with E-state index in [-0.39, 0.29) is 23.2 Å². The molecule has 2 aromatic carbocycles. The number of aromatic nitrogens is 1. The van der Waals surface area contributed by atoms with Gasteiger partial charge >= 0.3 is 0 Å². The van der Waals surface area contributed by atoms with E-state index in [2.05, 4.69) is 39.1 Å². The summed E-state index contributed by atoms with van der Waals surface area (Å²) >= 11 is 0. The highest BCUT2D eigenvalue weighted by atomic mass is 16.5. The number of carbonyl (C=O) groups is 1. The van der Waals surface area contributed by atoms with Gasteiger partial charge in [0.1, 0.15) is 11.4 Å². The van der Waals surface area contributed by atoms with E-state index in [4.69, 9.17) is 9.47 Å². The summed E-state index contributed by atoms with van der Waals surface area (Å²) in [6, 6.07) is 12.8. The van der Waals surface area contributed by atoms with Gasteiger partial charge in [0.05, 0.1) is 43.1 Å². The van der Waals surface area contributed by atoms with E-state index in [9.17, 15) is 9.59 Å². The fraction of sp³-hybridized carbons (Fsp3) is 0.407. The van der Waals surface area contributed by atoms with Crippen LogP contribution in [0.5, 0.6) is 5.75 Å². The number of benzene rings is 2. The maximum Gasteiger partial charge on any atom is 0.272 e. The van der Waals surface area contributed by atoms with Gasteiger partial charge in [0.15, 0.2) is 5.43 Å². The van der Waals surface area contributed by atoms with Crippen molar-refractivity contribution < 1.29 is 14.3 Å². The molecule has 1 amide bonds. The molecule has 3 heterocycles. The van der Waals surface area contributed by atoms with Gasteiger partial charge in [-0.1, -0.05) is 0 Å². The molecular formula is C27H33N5O4. The summed E-state index contributed by atoms with van der Waals surface area (Å²) in [7, 11) is 5.70. The first-order chi connectivity index (χ1) is 17.4. The van der Waals surface area contributed by atoms with E-state index < -0.39 is 0 Å². The quantitative estimate of drug-likeness (QED) is 0.548. The smallest absolute Gasteiger partial charge is 0.272 e. The van der Waals surface area contributed by atoms with E-state index in [1.54, 1.807) is 13.2 Å². The lowest BCUT2D eigenvalue weighted by molar-refractivity contribution is 0.102. The van der Waals surface area contributed by atoms with Gasteiger partial charge in [0.2, 0.25) is 0 Å².